The highest BCUT2D eigenvalue weighted by molar-refractivity contribution is 5.81. The number of nitrogens with one attached hydrogen (secondary N) is 1. The second kappa shape index (κ2) is 7.21. The first-order valence-electron chi connectivity index (χ1n) is 8.70. The van der Waals surface area contributed by atoms with Gasteiger partial charge in [0.05, 0.1) is 18.3 Å². The third kappa shape index (κ3) is 3.96. The van der Waals surface area contributed by atoms with Crippen LogP contribution in [0.4, 0.5) is 5.69 Å². The molecule has 23 heavy (non-hydrogen) atoms. The molecule has 0 aromatic heterocycles. The van der Waals surface area contributed by atoms with E-state index in [-0.39, 0.29) is 11.9 Å². The Labute approximate surface area is 138 Å². The smallest absolute Gasteiger partial charge is 0.237 e. The molecule has 2 aliphatic rings. The molecule has 0 unspecified atom stereocenters. The molecule has 0 bridgehead atoms. The molecule has 1 N–H and O–H groups in total. The van der Waals surface area contributed by atoms with Gasteiger partial charge in [0.2, 0.25) is 5.91 Å². The quantitative estimate of drug-likeness (QED) is 0.870. The summed E-state index contributed by atoms with van der Waals surface area (Å²) < 4.78 is 5.73. The van der Waals surface area contributed by atoms with Crippen molar-refractivity contribution in [1.29, 1.82) is 0 Å². The summed E-state index contributed by atoms with van der Waals surface area (Å²) in [5, 5.41) is 3.11. The monoisotopic (exact) mass is 317 g/mol. The summed E-state index contributed by atoms with van der Waals surface area (Å²) in [5.41, 5.74) is 1.16. The summed E-state index contributed by atoms with van der Waals surface area (Å²) >= 11 is 0. The van der Waals surface area contributed by atoms with Crippen LogP contribution in [0.3, 0.4) is 0 Å². The van der Waals surface area contributed by atoms with Gasteiger partial charge in [-0.05, 0) is 38.8 Å². The largest absolute Gasteiger partial charge is 0.492 e. The topological polar surface area (TPSA) is 44.8 Å². The van der Waals surface area contributed by atoms with Crippen molar-refractivity contribution in [2.75, 3.05) is 37.7 Å². The van der Waals surface area contributed by atoms with Gasteiger partial charge in [0.15, 0.2) is 0 Å². The van der Waals surface area contributed by atoms with Crippen molar-refractivity contribution in [2.45, 2.75) is 38.8 Å². The summed E-state index contributed by atoms with van der Waals surface area (Å²) in [5.74, 6) is 1.12. The number of nitrogens with zero attached hydrogens (tertiary/aromatic N) is 2. The molecule has 0 spiro atoms. The highest BCUT2D eigenvalue weighted by Crippen LogP contribution is 2.29. The Morgan fingerprint density at radius 3 is 2.61 bits per heavy atom. The molecule has 1 amide bonds. The fourth-order valence-electron chi connectivity index (χ4n) is 3.06. The van der Waals surface area contributed by atoms with Crippen LogP contribution in [-0.2, 0) is 4.79 Å². The molecular formula is C18H27N3O2. The number of ether oxygens (including phenoxy) is 1. The SMILES string of the molecule is CCOc1ccccc1N1CCN([C@H](C)C(=O)NC2CC2)CC1. The fraction of sp³-hybridized carbons (Fsp3) is 0.611. The average molecular weight is 317 g/mol. The van der Waals surface area contributed by atoms with Crippen LogP contribution in [0, 0.1) is 0 Å². The average Bonchev–Trinajstić information content (AvgIpc) is 3.39. The Hall–Kier alpha value is -1.75. The van der Waals surface area contributed by atoms with Gasteiger partial charge in [-0.25, -0.2) is 0 Å². The van der Waals surface area contributed by atoms with E-state index in [9.17, 15) is 4.79 Å². The van der Waals surface area contributed by atoms with Gasteiger partial charge in [-0.3, -0.25) is 9.69 Å². The number of rotatable bonds is 6. The van der Waals surface area contributed by atoms with Gasteiger partial charge in [-0.1, -0.05) is 12.1 Å². The third-order valence-corrected chi connectivity index (χ3v) is 4.67. The van der Waals surface area contributed by atoms with Crippen LogP contribution < -0.4 is 15.0 Å². The number of amides is 1. The van der Waals surface area contributed by atoms with Crippen LogP contribution in [0.5, 0.6) is 5.75 Å². The van der Waals surface area contributed by atoms with E-state index >= 15 is 0 Å². The lowest BCUT2D eigenvalue weighted by Crippen LogP contribution is -2.54. The molecule has 1 aromatic rings. The molecule has 1 aliphatic carbocycles. The molecule has 5 heteroatoms. The van der Waals surface area contributed by atoms with E-state index in [0.717, 1.165) is 50.5 Å². The number of benzene rings is 1. The Balaban J connectivity index is 1.56. The van der Waals surface area contributed by atoms with E-state index in [0.29, 0.717) is 12.6 Å². The van der Waals surface area contributed by atoms with Crippen molar-refractivity contribution in [3.8, 4) is 5.75 Å². The van der Waals surface area contributed by atoms with E-state index in [1.807, 2.05) is 26.0 Å². The lowest BCUT2D eigenvalue weighted by molar-refractivity contribution is -0.126. The first kappa shape index (κ1) is 16.1. The molecule has 5 nitrogen and oxygen atoms in total. The second-order valence-electron chi connectivity index (χ2n) is 6.38. The van der Waals surface area contributed by atoms with E-state index in [2.05, 4.69) is 27.2 Å². The molecule has 1 heterocycles. The van der Waals surface area contributed by atoms with E-state index in [1.54, 1.807) is 0 Å². The number of para-hydroxylation sites is 2. The van der Waals surface area contributed by atoms with Crippen molar-refractivity contribution >= 4 is 11.6 Å². The van der Waals surface area contributed by atoms with Gasteiger partial charge in [0.25, 0.3) is 0 Å². The Morgan fingerprint density at radius 1 is 1.26 bits per heavy atom. The van der Waals surface area contributed by atoms with Crippen LogP contribution in [-0.4, -0.2) is 55.7 Å². The Kier molecular flexibility index (Phi) is 5.06. The molecule has 0 radical (unpaired) electrons. The zero-order valence-corrected chi connectivity index (χ0v) is 14.1. The number of carbonyl (C=O) groups is 1. The third-order valence-electron chi connectivity index (χ3n) is 4.67. The first-order valence-corrected chi connectivity index (χ1v) is 8.70. The van der Waals surface area contributed by atoms with Gasteiger partial charge in [0.1, 0.15) is 5.75 Å². The molecule has 1 aromatic carbocycles. The minimum atomic E-state index is -0.0418. The molecule has 2 fully saturated rings. The predicted octanol–water partition coefficient (Wildman–Crippen LogP) is 1.87. The van der Waals surface area contributed by atoms with Crippen molar-refractivity contribution in [3.05, 3.63) is 24.3 Å². The lowest BCUT2D eigenvalue weighted by atomic mass is 10.2. The summed E-state index contributed by atoms with van der Waals surface area (Å²) in [6.45, 7) is 8.35. The van der Waals surface area contributed by atoms with Crippen LogP contribution in [0.25, 0.3) is 0 Å². The van der Waals surface area contributed by atoms with Gasteiger partial charge in [-0.2, -0.15) is 0 Å². The van der Waals surface area contributed by atoms with Crippen LogP contribution >= 0.6 is 0 Å². The van der Waals surface area contributed by atoms with E-state index in [4.69, 9.17) is 4.74 Å². The molecular weight excluding hydrogens is 290 g/mol. The molecule has 126 valence electrons. The standard InChI is InChI=1S/C18H27N3O2/c1-3-23-17-7-5-4-6-16(17)21-12-10-20(11-13-21)14(2)18(22)19-15-8-9-15/h4-7,14-15H,3,8-13H2,1-2H3,(H,19,22)/t14-/m1/s1. The maximum atomic E-state index is 12.2. The molecule has 1 saturated heterocycles. The number of hydrogen-bond acceptors (Lipinski definition) is 4. The summed E-state index contributed by atoms with van der Waals surface area (Å²) in [6.07, 6.45) is 2.28. The molecule has 1 saturated carbocycles. The number of hydrogen-bond donors (Lipinski definition) is 1. The predicted molar refractivity (Wildman–Crippen MR) is 92.0 cm³/mol. The minimum Gasteiger partial charge on any atom is -0.492 e. The van der Waals surface area contributed by atoms with Crippen molar-refractivity contribution < 1.29 is 9.53 Å². The second-order valence-corrected chi connectivity index (χ2v) is 6.38. The van der Waals surface area contributed by atoms with Crippen LogP contribution in [0.2, 0.25) is 0 Å². The Morgan fingerprint density at radius 2 is 1.96 bits per heavy atom. The maximum absolute atomic E-state index is 12.2. The first-order chi connectivity index (χ1) is 11.2. The van der Waals surface area contributed by atoms with Crippen molar-refractivity contribution in [3.63, 3.8) is 0 Å². The lowest BCUT2D eigenvalue weighted by Gasteiger charge is -2.39. The Bertz CT molecular complexity index is 537. The van der Waals surface area contributed by atoms with Crippen LogP contribution in [0.15, 0.2) is 24.3 Å². The molecule has 1 aliphatic heterocycles. The fourth-order valence-corrected chi connectivity index (χ4v) is 3.06. The zero-order chi connectivity index (χ0) is 16.2. The zero-order valence-electron chi connectivity index (χ0n) is 14.1. The number of carbonyl (C=O) groups excluding carboxylic acids is 1. The number of anilines is 1. The van der Waals surface area contributed by atoms with Crippen molar-refractivity contribution in [2.24, 2.45) is 0 Å². The molecule has 3 rings (SSSR count). The summed E-state index contributed by atoms with van der Waals surface area (Å²) in [4.78, 5) is 16.8. The van der Waals surface area contributed by atoms with Gasteiger partial charge in [0, 0.05) is 32.2 Å². The van der Waals surface area contributed by atoms with Gasteiger partial charge < -0.3 is 15.0 Å². The van der Waals surface area contributed by atoms with Crippen LogP contribution in [0.1, 0.15) is 26.7 Å². The number of piperazine rings is 1. The maximum Gasteiger partial charge on any atom is 0.237 e. The normalized spacial score (nSPS) is 20.2. The van der Waals surface area contributed by atoms with Gasteiger partial charge in [-0.15, -0.1) is 0 Å². The summed E-state index contributed by atoms with van der Waals surface area (Å²) in [6, 6.07) is 8.59. The highest BCUT2D eigenvalue weighted by Gasteiger charge is 2.30. The highest BCUT2D eigenvalue weighted by atomic mass is 16.5. The van der Waals surface area contributed by atoms with Gasteiger partial charge >= 0.3 is 0 Å². The molecule has 1 atom stereocenters. The van der Waals surface area contributed by atoms with Crippen molar-refractivity contribution in [1.82, 2.24) is 10.2 Å². The van der Waals surface area contributed by atoms with E-state index < -0.39 is 0 Å². The van der Waals surface area contributed by atoms with E-state index in [1.165, 1.54) is 0 Å². The summed E-state index contributed by atoms with van der Waals surface area (Å²) in [7, 11) is 0. The minimum absolute atomic E-state index is 0.0418.